The lowest BCUT2D eigenvalue weighted by Gasteiger charge is -2.19. The summed E-state index contributed by atoms with van der Waals surface area (Å²) in [6.45, 7) is 20.2. The average Bonchev–Trinajstić information content (AvgIpc) is 3.13. The Labute approximate surface area is 200 Å². The second-order valence-electron chi connectivity index (χ2n) is 9.93. The summed E-state index contributed by atoms with van der Waals surface area (Å²) in [4.78, 5) is 33.7. The van der Waals surface area contributed by atoms with Gasteiger partial charge in [-0.25, -0.2) is 0 Å². The molecule has 3 N–H and O–H groups in total. The number of aromatic amines is 3. The number of nitrogens with one attached hydrogen (secondary N) is 3. The molecule has 5 nitrogen and oxygen atoms in total. The summed E-state index contributed by atoms with van der Waals surface area (Å²) in [6, 6.07) is 4.42. The van der Waals surface area contributed by atoms with Crippen molar-refractivity contribution < 1.29 is 0 Å². The molecule has 0 atom stereocenters. The highest BCUT2D eigenvalue weighted by Gasteiger charge is 2.24. The van der Waals surface area contributed by atoms with Gasteiger partial charge in [-0.2, -0.15) is 0 Å². The van der Waals surface area contributed by atoms with Crippen LogP contribution in [0, 0.1) is 0 Å². The molecule has 0 fully saturated rings. The molecule has 0 aliphatic rings. The van der Waals surface area contributed by atoms with Crippen LogP contribution in [0.3, 0.4) is 0 Å². The second-order valence-corrected chi connectivity index (χ2v) is 9.93. The third kappa shape index (κ3) is 5.30. The summed E-state index contributed by atoms with van der Waals surface area (Å²) in [5.74, 6) is 0. The predicted octanol–water partition coefficient (Wildman–Crippen LogP) is 4.26. The molecule has 0 radical (unpaired) electrons. The fraction of sp³-hybridized carbons (Fsp3) is 0.310. The van der Waals surface area contributed by atoms with Crippen molar-refractivity contribution in [1.82, 2.24) is 15.0 Å². The minimum atomic E-state index is -0.413. The Morgan fingerprint density at radius 2 is 1.59 bits per heavy atom. The minimum Gasteiger partial charge on any atom is -0.357 e. The number of benzene rings is 1. The average molecular weight is 458 g/mol. The number of rotatable bonds is 7. The maximum Gasteiger partial charge on any atom is 0.272 e. The normalized spacial score (nSPS) is 12.1. The molecule has 34 heavy (non-hydrogen) atoms. The lowest BCUT2D eigenvalue weighted by molar-refractivity contribution is 0.650. The molecule has 2 heterocycles. The summed E-state index contributed by atoms with van der Waals surface area (Å²) in [5.41, 5.74) is 6.55. The number of H-pyrrole nitrogens is 3. The summed E-state index contributed by atoms with van der Waals surface area (Å²) in [6.07, 6.45) is 9.69. The minimum absolute atomic E-state index is 0.0424. The van der Waals surface area contributed by atoms with Crippen molar-refractivity contribution >= 4 is 23.6 Å². The van der Waals surface area contributed by atoms with Gasteiger partial charge in [-0.3, -0.25) is 9.59 Å². The molecule has 3 rings (SSSR count). The van der Waals surface area contributed by atoms with Gasteiger partial charge in [0.15, 0.2) is 0 Å². The highest BCUT2D eigenvalue weighted by molar-refractivity contribution is 5.94. The SMILES string of the molecule is C=CC(C)(C)c1[nH]c2c(CC=C(C)C)cc(CC=C(C)C)cc2c1/C=c1/[nH]c(=O)c(=C)[nH]c1=O. The van der Waals surface area contributed by atoms with Crippen molar-refractivity contribution in [2.24, 2.45) is 0 Å². The van der Waals surface area contributed by atoms with Gasteiger partial charge in [0.25, 0.3) is 11.1 Å². The van der Waals surface area contributed by atoms with E-state index in [0.717, 1.165) is 35.0 Å². The molecule has 178 valence electrons. The molecule has 0 unspecified atom stereocenters. The van der Waals surface area contributed by atoms with Crippen LogP contribution >= 0.6 is 0 Å². The van der Waals surface area contributed by atoms with Crippen LogP contribution in [0.2, 0.25) is 0 Å². The molecule has 0 bridgehead atoms. The Morgan fingerprint density at radius 3 is 2.21 bits per heavy atom. The molecule has 0 aliphatic carbocycles. The van der Waals surface area contributed by atoms with Gasteiger partial charge in [-0.05, 0) is 63.8 Å². The van der Waals surface area contributed by atoms with Crippen LogP contribution in [-0.4, -0.2) is 15.0 Å². The first kappa shape index (κ1) is 25.0. The van der Waals surface area contributed by atoms with E-state index >= 15 is 0 Å². The zero-order chi connectivity index (χ0) is 25.2. The molecular weight excluding hydrogens is 422 g/mol. The largest absolute Gasteiger partial charge is 0.357 e. The number of allylic oxidation sites excluding steroid dienone is 5. The van der Waals surface area contributed by atoms with Gasteiger partial charge < -0.3 is 15.0 Å². The number of fused-ring (bicyclic) bond motifs is 1. The molecule has 0 saturated carbocycles. The first-order valence-corrected chi connectivity index (χ1v) is 11.5. The lowest BCUT2D eigenvalue weighted by Crippen LogP contribution is -2.46. The zero-order valence-electron chi connectivity index (χ0n) is 21.1. The van der Waals surface area contributed by atoms with E-state index in [2.05, 4.69) is 93.9 Å². The van der Waals surface area contributed by atoms with Crippen molar-refractivity contribution in [2.45, 2.75) is 59.8 Å². The second kappa shape index (κ2) is 9.72. The van der Waals surface area contributed by atoms with Crippen LogP contribution in [0.15, 0.2) is 57.7 Å². The van der Waals surface area contributed by atoms with E-state index in [1.807, 2.05) is 6.08 Å². The summed E-state index contributed by atoms with van der Waals surface area (Å²) < 4.78 is 0. The maximum atomic E-state index is 12.6. The van der Waals surface area contributed by atoms with Gasteiger partial charge in [0, 0.05) is 27.6 Å². The number of hydrogen-bond donors (Lipinski definition) is 3. The number of aromatic nitrogens is 3. The molecule has 0 amide bonds. The van der Waals surface area contributed by atoms with Crippen LogP contribution < -0.4 is 21.8 Å². The summed E-state index contributed by atoms with van der Waals surface area (Å²) in [5, 5.41) is 1.25. The van der Waals surface area contributed by atoms with Crippen molar-refractivity contribution in [3.8, 4) is 0 Å². The Morgan fingerprint density at radius 1 is 0.941 bits per heavy atom. The third-order valence-electron chi connectivity index (χ3n) is 6.04. The first-order chi connectivity index (χ1) is 15.9. The van der Waals surface area contributed by atoms with Gasteiger partial charge in [-0.1, -0.05) is 55.9 Å². The van der Waals surface area contributed by atoms with E-state index < -0.39 is 11.0 Å². The molecular formula is C29H35N3O2. The fourth-order valence-electron chi connectivity index (χ4n) is 3.89. The maximum absolute atomic E-state index is 12.6. The zero-order valence-corrected chi connectivity index (χ0v) is 21.1. The van der Waals surface area contributed by atoms with Crippen LogP contribution in [0.5, 0.6) is 0 Å². The summed E-state index contributed by atoms with van der Waals surface area (Å²) >= 11 is 0. The smallest absolute Gasteiger partial charge is 0.272 e. The van der Waals surface area contributed by atoms with E-state index in [9.17, 15) is 9.59 Å². The Bertz CT molecular complexity index is 1530. The van der Waals surface area contributed by atoms with Crippen molar-refractivity contribution in [2.75, 3.05) is 0 Å². The lowest BCUT2D eigenvalue weighted by atomic mass is 9.86. The standard InChI is InChI=1S/C29H35N3O2/c1-9-29(7,8)26-23(16-24-28(34)30-19(6)27(33)31-24)22-15-20(12-10-17(2)3)14-21(25(22)32-26)13-11-18(4)5/h9-11,14-16,32H,1,6,12-13H2,2-5,7-8H3,(H,30,34)(H,31,33)/b24-16+. The van der Waals surface area contributed by atoms with Crippen LogP contribution in [-0.2, 0) is 18.3 Å². The first-order valence-electron chi connectivity index (χ1n) is 11.5. The molecule has 0 spiro atoms. The monoisotopic (exact) mass is 457 g/mol. The van der Waals surface area contributed by atoms with E-state index in [-0.39, 0.29) is 16.3 Å². The molecule has 1 aromatic carbocycles. The third-order valence-corrected chi connectivity index (χ3v) is 6.04. The molecule has 3 aromatic rings. The van der Waals surface area contributed by atoms with Gasteiger partial charge in [-0.15, -0.1) is 6.58 Å². The Hall–Kier alpha value is -3.60. The fourth-order valence-corrected chi connectivity index (χ4v) is 3.89. The van der Waals surface area contributed by atoms with Crippen LogP contribution in [0.1, 0.15) is 63.9 Å². The van der Waals surface area contributed by atoms with E-state index in [4.69, 9.17) is 0 Å². The Balaban J connectivity index is 2.46. The van der Waals surface area contributed by atoms with Crippen LogP contribution in [0.4, 0.5) is 0 Å². The topological polar surface area (TPSA) is 81.5 Å². The van der Waals surface area contributed by atoms with Crippen molar-refractivity contribution in [3.63, 3.8) is 0 Å². The molecule has 0 saturated heterocycles. The molecule has 5 heteroatoms. The van der Waals surface area contributed by atoms with Gasteiger partial charge in [0.1, 0.15) is 5.35 Å². The molecule has 0 aliphatic heterocycles. The quantitative estimate of drug-likeness (QED) is 0.463. The van der Waals surface area contributed by atoms with Gasteiger partial charge in [0.05, 0.1) is 5.35 Å². The predicted molar refractivity (Wildman–Crippen MR) is 144 cm³/mol. The van der Waals surface area contributed by atoms with E-state index in [0.29, 0.717) is 0 Å². The van der Waals surface area contributed by atoms with Gasteiger partial charge >= 0.3 is 0 Å². The molecule has 2 aromatic heterocycles. The summed E-state index contributed by atoms with van der Waals surface area (Å²) in [7, 11) is 0. The van der Waals surface area contributed by atoms with E-state index in [1.165, 1.54) is 22.3 Å². The highest BCUT2D eigenvalue weighted by atomic mass is 16.1. The van der Waals surface area contributed by atoms with Gasteiger partial charge in [0.2, 0.25) is 0 Å². The highest BCUT2D eigenvalue weighted by Crippen LogP contribution is 2.35. The van der Waals surface area contributed by atoms with Crippen LogP contribution in [0.25, 0.3) is 23.6 Å². The number of hydrogen-bond acceptors (Lipinski definition) is 2. The Kier molecular flexibility index (Phi) is 7.15. The van der Waals surface area contributed by atoms with Crippen molar-refractivity contribution in [1.29, 1.82) is 0 Å². The van der Waals surface area contributed by atoms with Crippen molar-refractivity contribution in [3.05, 3.63) is 102 Å². The van der Waals surface area contributed by atoms with E-state index in [1.54, 1.807) is 6.08 Å².